The first-order valence-electron chi connectivity index (χ1n) is 2.64. The molecule has 0 aromatic carbocycles. The first kappa shape index (κ1) is 16.3. The smallest absolute Gasteiger partial charge is 0.194 e. The van der Waals surface area contributed by atoms with Crippen LogP contribution in [0.5, 0.6) is 0 Å². The van der Waals surface area contributed by atoms with E-state index in [4.69, 9.17) is 0 Å². The number of halogens is 10. The molecular formula is C4Br4F5I. The molecule has 0 unspecified atom stereocenters. The quantitative estimate of drug-likeness (QED) is 0.225. The van der Waals surface area contributed by atoms with E-state index in [1.807, 2.05) is 0 Å². The Kier molecular flexibility index (Phi) is 5.27. The van der Waals surface area contributed by atoms with Gasteiger partial charge in [0.2, 0.25) is 0 Å². The lowest BCUT2D eigenvalue weighted by Gasteiger charge is -2.37. The fraction of sp³-hybridized carbons (Fsp3) is 1.00. The van der Waals surface area contributed by atoms with Crippen LogP contribution in [0.2, 0.25) is 0 Å². The molecule has 0 rings (SSSR count). The van der Waals surface area contributed by atoms with Crippen molar-refractivity contribution in [3.63, 3.8) is 0 Å². The van der Waals surface area contributed by atoms with E-state index in [-0.39, 0.29) is 0 Å². The zero-order valence-corrected chi connectivity index (χ0v) is 14.3. The fourth-order valence-electron chi connectivity index (χ4n) is 0.356. The molecule has 0 bridgehead atoms. The van der Waals surface area contributed by atoms with Crippen LogP contribution in [0.3, 0.4) is 0 Å². The van der Waals surface area contributed by atoms with Gasteiger partial charge in [0.1, 0.15) is 0 Å². The van der Waals surface area contributed by atoms with Crippen LogP contribution in [-0.4, -0.2) is 16.6 Å². The van der Waals surface area contributed by atoms with E-state index in [0.717, 1.165) is 0 Å². The van der Waals surface area contributed by atoms with Gasteiger partial charge in [0, 0.05) is 0 Å². The molecule has 0 saturated carbocycles. The summed E-state index contributed by atoms with van der Waals surface area (Å²) in [5.74, 6) is -4.95. The zero-order chi connectivity index (χ0) is 12.0. The standard InChI is InChI=1S/C4Br4F5I/c5-1(6,3(7,8)14)2(9,10)4(11,12)13. The third-order valence-corrected chi connectivity index (χ3v) is 8.90. The van der Waals surface area contributed by atoms with Gasteiger partial charge in [-0.2, -0.15) is 22.0 Å². The third-order valence-electron chi connectivity index (χ3n) is 1.11. The minimum atomic E-state index is -5.65. The summed E-state index contributed by atoms with van der Waals surface area (Å²) in [6.07, 6.45) is -5.65. The van der Waals surface area contributed by atoms with Crippen molar-refractivity contribution in [2.24, 2.45) is 0 Å². The van der Waals surface area contributed by atoms with Crippen LogP contribution in [-0.2, 0) is 0 Å². The second-order valence-corrected chi connectivity index (χ2v) is 13.6. The highest BCUT2D eigenvalue weighted by atomic mass is 127. The van der Waals surface area contributed by atoms with Gasteiger partial charge in [0.15, 0.2) is 4.47 Å². The zero-order valence-electron chi connectivity index (χ0n) is 5.78. The Morgan fingerprint density at radius 1 is 0.786 bits per heavy atom. The van der Waals surface area contributed by atoms with Crippen molar-refractivity contribution in [3.05, 3.63) is 0 Å². The Morgan fingerprint density at radius 3 is 1.14 bits per heavy atom. The average molecular weight is 590 g/mol. The van der Waals surface area contributed by atoms with Crippen LogP contribution in [0.1, 0.15) is 0 Å². The average Bonchev–Trinajstić information content (AvgIpc) is 1.81. The van der Waals surface area contributed by atoms with Crippen LogP contribution in [0.4, 0.5) is 22.0 Å². The van der Waals surface area contributed by atoms with Gasteiger partial charge in [-0.1, -0.05) is 86.3 Å². The summed E-state index contributed by atoms with van der Waals surface area (Å²) >= 11 is 11.3. The van der Waals surface area contributed by atoms with Crippen LogP contribution < -0.4 is 0 Å². The normalized spacial score (nSPS) is 15.9. The predicted molar refractivity (Wildman–Crippen MR) is 66.2 cm³/mol. The van der Waals surface area contributed by atoms with E-state index >= 15 is 0 Å². The van der Waals surface area contributed by atoms with Crippen molar-refractivity contribution in [3.8, 4) is 0 Å². The first-order valence-corrected chi connectivity index (χ1v) is 6.89. The minimum absolute atomic E-state index is 1.34. The molecule has 0 aliphatic rings. The lowest BCUT2D eigenvalue weighted by atomic mass is 10.2. The predicted octanol–water partition coefficient (Wildman–Crippen LogP) is 5.55. The first-order chi connectivity index (χ1) is 5.75. The second-order valence-electron chi connectivity index (χ2n) is 2.14. The molecule has 0 spiro atoms. The van der Waals surface area contributed by atoms with Gasteiger partial charge in [-0.3, -0.25) is 0 Å². The van der Waals surface area contributed by atoms with Gasteiger partial charge in [0.05, 0.1) is 0 Å². The minimum Gasteiger partial charge on any atom is -0.194 e. The summed E-state index contributed by atoms with van der Waals surface area (Å²) in [6.45, 7) is 0. The third kappa shape index (κ3) is 2.95. The van der Waals surface area contributed by atoms with E-state index in [2.05, 4.69) is 63.7 Å². The summed E-state index contributed by atoms with van der Waals surface area (Å²) < 4.78 is 57.5. The topological polar surface area (TPSA) is 0 Å². The fourth-order valence-corrected chi connectivity index (χ4v) is 1.64. The summed E-state index contributed by atoms with van der Waals surface area (Å²) in [5, 5.41) is 0. The van der Waals surface area contributed by atoms with E-state index < -0.39 is 16.6 Å². The van der Waals surface area contributed by atoms with Gasteiger partial charge in [-0.05, 0) is 0 Å². The van der Waals surface area contributed by atoms with Crippen molar-refractivity contribution in [1.29, 1.82) is 0 Å². The Labute approximate surface area is 123 Å². The maximum atomic E-state index is 12.9. The lowest BCUT2D eigenvalue weighted by Crippen LogP contribution is -2.55. The summed E-state index contributed by atoms with van der Waals surface area (Å²) in [5.41, 5.74) is 0. The molecule has 0 heterocycles. The Morgan fingerprint density at radius 2 is 1.07 bits per heavy atom. The van der Waals surface area contributed by atoms with Crippen molar-refractivity contribution >= 4 is 86.3 Å². The monoisotopic (exact) mass is 586 g/mol. The molecule has 0 nitrogen and oxygen atoms in total. The Bertz CT molecular complexity index is 195. The van der Waals surface area contributed by atoms with Gasteiger partial charge >= 0.3 is 12.1 Å². The summed E-state index contributed by atoms with van der Waals surface area (Å²) in [4.78, 5) is 0. The second kappa shape index (κ2) is 4.52. The number of rotatable bonds is 2. The van der Waals surface area contributed by atoms with Crippen molar-refractivity contribution in [1.82, 2.24) is 0 Å². The number of hydrogen-bond donors (Lipinski definition) is 0. The van der Waals surface area contributed by atoms with E-state index in [1.54, 1.807) is 0 Å². The lowest BCUT2D eigenvalue weighted by molar-refractivity contribution is -0.282. The van der Waals surface area contributed by atoms with E-state index in [9.17, 15) is 22.0 Å². The number of alkyl halides is 10. The molecule has 0 aliphatic carbocycles. The van der Waals surface area contributed by atoms with Crippen molar-refractivity contribution in [2.75, 3.05) is 0 Å². The van der Waals surface area contributed by atoms with Crippen LogP contribution in [0.25, 0.3) is 0 Å². The number of hydrogen-bond acceptors (Lipinski definition) is 0. The summed E-state index contributed by atoms with van der Waals surface area (Å²) in [7, 11) is 0. The van der Waals surface area contributed by atoms with Crippen molar-refractivity contribution < 1.29 is 22.0 Å². The Balaban J connectivity index is 5.30. The molecule has 86 valence electrons. The molecule has 0 aromatic heterocycles. The largest absolute Gasteiger partial charge is 0.455 e. The summed E-state index contributed by atoms with van der Waals surface area (Å²) in [6, 6.07) is 0. The maximum Gasteiger partial charge on any atom is 0.455 e. The molecule has 0 aromatic rings. The Hall–Kier alpha value is 2.30. The molecule has 0 radical (unpaired) electrons. The van der Waals surface area contributed by atoms with Crippen LogP contribution in [0, 0.1) is 0 Å². The molecular weight excluding hydrogens is 590 g/mol. The van der Waals surface area contributed by atoms with Gasteiger partial charge in [-0.15, -0.1) is 0 Å². The van der Waals surface area contributed by atoms with Crippen molar-refractivity contribution in [2.45, 2.75) is 16.6 Å². The molecule has 14 heavy (non-hydrogen) atoms. The highest BCUT2D eigenvalue weighted by Gasteiger charge is 2.74. The van der Waals surface area contributed by atoms with Gasteiger partial charge in [-0.25, -0.2) is 0 Å². The molecule has 10 heteroatoms. The van der Waals surface area contributed by atoms with Gasteiger partial charge in [0.25, 0.3) is 0 Å². The highest BCUT2D eigenvalue weighted by Crippen LogP contribution is 2.63. The molecule has 0 aliphatic heterocycles. The van der Waals surface area contributed by atoms with Crippen LogP contribution in [0.15, 0.2) is 0 Å². The van der Waals surface area contributed by atoms with E-state index in [0.29, 0.717) is 0 Å². The maximum absolute atomic E-state index is 12.9. The highest BCUT2D eigenvalue weighted by molar-refractivity contribution is 14.1. The molecule has 0 atom stereocenters. The molecule has 0 saturated heterocycles. The molecule has 0 N–H and O–H groups in total. The van der Waals surface area contributed by atoms with Crippen LogP contribution >= 0.6 is 86.3 Å². The molecule has 0 amide bonds. The SMILES string of the molecule is FC(F)(F)C(F)(F)C(Br)(Br)C(Br)(Br)I. The van der Waals surface area contributed by atoms with Gasteiger partial charge < -0.3 is 0 Å². The molecule has 0 fully saturated rings. The van der Waals surface area contributed by atoms with E-state index in [1.165, 1.54) is 22.6 Å².